The van der Waals surface area contributed by atoms with Crippen molar-refractivity contribution in [1.82, 2.24) is 4.90 Å². The SMILES string of the molecule is COC(=O)c1ccc(CN2C(=O)C[C@H](c3ccc(C(F)(F)F)cc3)C(C(=O)OC(C)(C)C)=C2C)cc1. The number of hydrogen-bond donors (Lipinski definition) is 0. The van der Waals surface area contributed by atoms with Crippen LogP contribution in [0.4, 0.5) is 13.2 Å². The van der Waals surface area contributed by atoms with Gasteiger partial charge in [0, 0.05) is 18.0 Å². The first-order valence-electron chi connectivity index (χ1n) is 11.3. The van der Waals surface area contributed by atoms with Gasteiger partial charge in [0.2, 0.25) is 5.91 Å². The highest BCUT2D eigenvalue weighted by molar-refractivity contribution is 5.96. The Kier molecular flexibility index (Phi) is 7.62. The molecule has 36 heavy (non-hydrogen) atoms. The molecule has 0 spiro atoms. The summed E-state index contributed by atoms with van der Waals surface area (Å²) in [5, 5.41) is 0. The van der Waals surface area contributed by atoms with Crippen molar-refractivity contribution in [3.05, 3.63) is 82.1 Å². The van der Waals surface area contributed by atoms with E-state index in [4.69, 9.17) is 9.47 Å². The molecule has 1 atom stereocenters. The molecule has 2 aromatic rings. The number of carbonyl (C=O) groups is 3. The fourth-order valence-corrected chi connectivity index (χ4v) is 4.04. The highest BCUT2D eigenvalue weighted by Gasteiger charge is 2.38. The Labute approximate surface area is 207 Å². The maximum Gasteiger partial charge on any atom is 0.416 e. The summed E-state index contributed by atoms with van der Waals surface area (Å²) in [7, 11) is 1.28. The topological polar surface area (TPSA) is 72.9 Å². The van der Waals surface area contributed by atoms with E-state index in [2.05, 4.69) is 0 Å². The Morgan fingerprint density at radius 3 is 2.06 bits per heavy atom. The lowest BCUT2D eigenvalue weighted by atomic mass is 9.83. The number of benzene rings is 2. The summed E-state index contributed by atoms with van der Waals surface area (Å²) < 4.78 is 49.5. The molecule has 9 heteroatoms. The number of hydrogen-bond acceptors (Lipinski definition) is 5. The summed E-state index contributed by atoms with van der Waals surface area (Å²) in [5.74, 6) is -2.17. The first kappa shape index (κ1) is 27.0. The lowest BCUT2D eigenvalue weighted by molar-refractivity contribution is -0.151. The highest BCUT2D eigenvalue weighted by Crippen LogP contribution is 2.39. The third kappa shape index (κ3) is 6.13. The number of alkyl halides is 3. The molecular weight excluding hydrogens is 475 g/mol. The summed E-state index contributed by atoms with van der Waals surface area (Å²) >= 11 is 0. The Morgan fingerprint density at radius 2 is 1.56 bits per heavy atom. The Hall–Kier alpha value is -3.62. The van der Waals surface area contributed by atoms with Crippen LogP contribution in [0.15, 0.2) is 59.8 Å². The van der Waals surface area contributed by atoms with Crippen LogP contribution in [-0.4, -0.2) is 35.5 Å². The summed E-state index contributed by atoms with van der Waals surface area (Å²) in [5.41, 5.74) is 0.439. The van der Waals surface area contributed by atoms with Crippen molar-refractivity contribution in [2.45, 2.75) is 58.4 Å². The van der Waals surface area contributed by atoms with Crippen LogP contribution in [0.1, 0.15) is 67.1 Å². The molecule has 1 heterocycles. The van der Waals surface area contributed by atoms with Gasteiger partial charge in [0.25, 0.3) is 0 Å². The molecule has 1 aliphatic rings. The van der Waals surface area contributed by atoms with Crippen molar-refractivity contribution in [1.29, 1.82) is 0 Å². The molecule has 0 saturated heterocycles. The van der Waals surface area contributed by atoms with Crippen molar-refractivity contribution in [3.63, 3.8) is 0 Å². The van der Waals surface area contributed by atoms with Gasteiger partial charge in [-0.15, -0.1) is 0 Å². The number of amides is 1. The number of rotatable bonds is 5. The Morgan fingerprint density at radius 1 is 0.972 bits per heavy atom. The molecule has 0 saturated carbocycles. The number of nitrogens with zero attached hydrogens (tertiary/aromatic N) is 1. The average molecular weight is 504 g/mol. The highest BCUT2D eigenvalue weighted by atomic mass is 19.4. The molecule has 0 aliphatic carbocycles. The average Bonchev–Trinajstić information content (AvgIpc) is 2.79. The van der Waals surface area contributed by atoms with Crippen molar-refractivity contribution < 1.29 is 37.0 Å². The minimum atomic E-state index is -4.50. The predicted octanol–water partition coefficient (Wildman–Crippen LogP) is 5.62. The number of esters is 2. The number of methoxy groups -OCH3 is 1. The van der Waals surface area contributed by atoms with Crippen LogP contribution < -0.4 is 0 Å². The van der Waals surface area contributed by atoms with Crippen molar-refractivity contribution in [2.24, 2.45) is 0 Å². The van der Waals surface area contributed by atoms with E-state index in [1.807, 2.05) is 0 Å². The van der Waals surface area contributed by atoms with E-state index >= 15 is 0 Å². The first-order valence-corrected chi connectivity index (χ1v) is 11.3. The van der Waals surface area contributed by atoms with Gasteiger partial charge in [0.1, 0.15) is 5.60 Å². The van der Waals surface area contributed by atoms with Crippen LogP contribution in [0.5, 0.6) is 0 Å². The molecule has 6 nitrogen and oxygen atoms in total. The molecule has 0 aromatic heterocycles. The third-order valence-electron chi connectivity index (χ3n) is 5.80. The summed E-state index contributed by atoms with van der Waals surface area (Å²) in [6, 6.07) is 11.0. The van der Waals surface area contributed by atoms with Gasteiger partial charge in [-0.05, 0) is 63.1 Å². The number of carbonyl (C=O) groups excluding carboxylic acids is 3. The van der Waals surface area contributed by atoms with E-state index in [-0.39, 0.29) is 24.4 Å². The lowest BCUT2D eigenvalue weighted by Gasteiger charge is -2.35. The van der Waals surface area contributed by atoms with Gasteiger partial charge in [-0.2, -0.15) is 13.2 Å². The van der Waals surface area contributed by atoms with Gasteiger partial charge in [-0.1, -0.05) is 24.3 Å². The molecule has 0 N–H and O–H groups in total. The van der Waals surface area contributed by atoms with Gasteiger partial charge >= 0.3 is 18.1 Å². The second-order valence-corrected chi connectivity index (χ2v) is 9.55. The minimum Gasteiger partial charge on any atom is -0.465 e. The summed E-state index contributed by atoms with van der Waals surface area (Å²) in [6.45, 7) is 6.89. The van der Waals surface area contributed by atoms with Gasteiger partial charge in [-0.25, -0.2) is 9.59 Å². The fraction of sp³-hybridized carbons (Fsp3) is 0.370. The molecule has 0 unspecified atom stereocenters. The summed E-state index contributed by atoms with van der Waals surface area (Å²) in [6.07, 6.45) is -4.61. The van der Waals surface area contributed by atoms with Crippen molar-refractivity contribution in [2.75, 3.05) is 7.11 Å². The smallest absolute Gasteiger partial charge is 0.416 e. The molecule has 2 aromatic carbocycles. The van der Waals surface area contributed by atoms with Crippen LogP contribution in [0.3, 0.4) is 0 Å². The fourth-order valence-electron chi connectivity index (χ4n) is 4.04. The third-order valence-corrected chi connectivity index (χ3v) is 5.80. The van der Waals surface area contributed by atoms with E-state index in [1.165, 1.54) is 24.1 Å². The second-order valence-electron chi connectivity index (χ2n) is 9.55. The van der Waals surface area contributed by atoms with E-state index in [1.54, 1.807) is 52.0 Å². The van der Waals surface area contributed by atoms with Crippen LogP contribution in [-0.2, 0) is 31.8 Å². The molecule has 1 amide bonds. The molecule has 0 fully saturated rings. The number of ether oxygens (including phenoxy) is 2. The molecule has 1 aliphatic heterocycles. The van der Waals surface area contributed by atoms with E-state index in [0.29, 0.717) is 22.4 Å². The maximum atomic E-state index is 13.2. The summed E-state index contributed by atoms with van der Waals surface area (Å²) in [4.78, 5) is 39.6. The molecular formula is C27H28F3NO5. The quantitative estimate of drug-likeness (QED) is 0.495. The van der Waals surface area contributed by atoms with Gasteiger partial charge in [0.05, 0.1) is 30.4 Å². The largest absolute Gasteiger partial charge is 0.465 e. The molecule has 3 rings (SSSR count). The maximum absolute atomic E-state index is 13.2. The zero-order valence-corrected chi connectivity index (χ0v) is 20.7. The van der Waals surface area contributed by atoms with E-state index < -0.39 is 35.2 Å². The van der Waals surface area contributed by atoms with Gasteiger partial charge in [0.15, 0.2) is 0 Å². The van der Waals surface area contributed by atoms with Crippen LogP contribution in [0.2, 0.25) is 0 Å². The minimum absolute atomic E-state index is 0.114. The van der Waals surface area contributed by atoms with Crippen LogP contribution >= 0.6 is 0 Å². The molecule has 0 bridgehead atoms. The lowest BCUT2D eigenvalue weighted by Crippen LogP contribution is -2.39. The van der Waals surface area contributed by atoms with Crippen LogP contribution in [0, 0.1) is 0 Å². The van der Waals surface area contributed by atoms with Gasteiger partial charge < -0.3 is 14.4 Å². The second kappa shape index (κ2) is 10.2. The van der Waals surface area contributed by atoms with E-state index in [9.17, 15) is 27.6 Å². The molecule has 0 radical (unpaired) electrons. The Bertz CT molecular complexity index is 1180. The van der Waals surface area contributed by atoms with Crippen LogP contribution in [0.25, 0.3) is 0 Å². The monoisotopic (exact) mass is 503 g/mol. The normalized spacial score (nSPS) is 16.7. The van der Waals surface area contributed by atoms with E-state index in [0.717, 1.165) is 12.1 Å². The molecule has 192 valence electrons. The van der Waals surface area contributed by atoms with Crippen molar-refractivity contribution >= 4 is 17.8 Å². The number of allylic oxidation sites excluding steroid dienone is 1. The predicted molar refractivity (Wildman–Crippen MR) is 126 cm³/mol. The zero-order valence-electron chi connectivity index (χ0n) is 20.7. The standard InChI is InChI=1S/C27H28F3NO5/c1-16-23(25(34)36-26(2,3)4)21(18-10-12-20(13-11-18)27(28,29)30)14-22(32)31(16)15-17-6-8-19(9-7-17)24(33)35-5/h6-13,21H,14-15H2,1-5H3/t21-/m1/s1. The van der Waals surface area contributed by atoms with Crippen molar-refractivity contribution in [3.8, 4) is 0 Å². The first-order chi connectivity index (χ1) is 16.7. The Balaban J connectivity index is 2.00. The number of halogens is 3. The zero-order chi connectivity index (χ0) is 26.8. The van der Waals surface area contributed by atoms with Gasteiger partial charge in [-0.3, -0.25) is 4.79 Å².